The van der Waals surface area contributed by atoms with Crippen LogP contribution in [-0.4, -0.2) is 30.2 Å². The number of rotatable bonds is 6. The van der Waals surface area contributed by atoms with E-state index < -0.39 is 5.91 Å². The van der Waals surface area contributed by atoms with Crippen LogP contribution in [-0.2, 0) is 4.74 Å². The molecule has 0 radical (unpaired) electrons. The van der Waals surface area contributed by atoms with Crippen LogP contribution in [0.25, 0.3) is 0 Å². The summed E-state index contributed by atoms with van der Waals surface area (Å²) in [5.74, 6) is -0.393. The number of methoxy groups -OCH3 is 1. The van der Waals surface area contributed by atoms with Crippen molar-refractivity contribution in [3.05, 3.63) is 17.8 Å². The third-order valence-electron chi connectivity index (χ3n) is 2.64. The Hall–Kier alpha value is -1.82. The van der Waals surface area contributed by atoms with Gasteiger partial charge < -0.3 is 20.9 Å². The number of nitrogens with two attached hydrogens (primary N) is 2. The minimum Gasteiger partial charge on any atom is -0.476 e. The van der Waals surface area contributed by atoms with Gasteiger partial charge in [0.25, 0.3) is 5.91 Å². The summed E-state index contributed by atoms with van der Waals surface area (Å²) < 4.78 is 10.7. The van der Waals surface area contributed by atoms with E-state index in [4.69, 9.17) is 20.9 Å². The second-order valence-electron chi connectivity index (χ2n) is 4.52. The summed E-state index contributed by atoms with van der Waals surface area (Å²) in [5.41, 5.74) is 11.1. The van der Waals surface area contributed by atoms with E-state index in [0.717, 1.165) is 0 Å². The first kappa shape index (κ1) is 14.2. The second kappa shape index (κ2) is 5.68. The molecule has 0 atom stereocenters. The van der Waals surface area contributed by atoms with E-state index in [-0.39, 0.29) is 17.2 Å². The summed E-state index contributed by atoms with van der Waals surface area (Å²) in [4.78, 5) is 14.9. The molecule has 0 saturated heterocycles. The molecule has 0 aliphatic heterocycles. The number of amides is 1. The molecule has 0 aromatic carbocycles. The molecule has 100 valence electrons. The molecule has 0 saturated carbocycles. The molecule has 0 aliphatic rings. The van der Waals surface area contributed by atoms with E-state index in [2.05, 4.69) is 4.98 Å². The molecule has 0 bridgehead atoms. The SMILES string of the molecule is COC(C)(C)CCOc1nc(C(N)=O)ccc1N. The van der Waals surface area contributed by atoms with E-state index in [1.807, 2.05) is 13.8 Å². The van der Waals surface area contributed by atoms with E-state index in [9.17, 15) is 4.79 Å². The topological polar surface area (TPSA) is 100 Å². The highest BCUT2D eigenvalue weighted by Crippen LogP contribution is 2.20. The Bertz CT molecular complexity index is 433. The third kappa shape index (κ3) is 3.89. The Balaban J connectivity index is 2.67. The van der Waals surface area contributed by atoms with Crippen molar-refractivity contribution >= 4 is 11.6 Å². The van der Waals surface area contributed by atoms with Gasteiger partial charge >= 0.3 is 0 Å². The average molecular weight is 253 g/mol. The van der Waals surface area contributed by atoms with Gasteiger partial charge in [-0.2, -0.15) is 0 Å². The minimum absolute atomic E-state index is 0.130. The quantitative estimate of drug-likeness (QED) is 0.786. The highest BCUT2D eigenvalue weighted by Gasteiger charge is 2.17. The Morgan fingerprint density at radius 1 is 1.44 bits per heavy atom. The maximum absolute atomic E-state index is 11.0. The standard InChI is InChI=1S/C12H19N3O3/c1-12(2,17-3)6-7-18-11-8(13)4-5-9(15-11)10(14)16/h4-5H,6-7,13H2,1-3H3,(H2,14,16). The summed E-state index contributed by atoms with van der Waals surface area (Å²) in [6, 6.07) is 3.01. The number of hydrogen-bond acceptors (Lipinski definition) is 5. The zero-order valence-corrected chi connectivity index (χ0v) is 10.9. The molecular formula is C12H19N3O3. The summed E-state index contributed by atoms with van der Waals surface area (Å²) in [6.45, 7) is 4.29. The second-order valence-corrected chi connectivity index (χ2v) is 4.52. The smallest absolute Gasteiger partial charge is 0.267 e. The van der Waals surface area contributed by atoms with Crippen molar-refractivity contribution in [3.8, 4) is 5.88 Å². The van der Waals surface area contributed by atoms with Crippen LogP contribution in [0, 0.1) is 0 Å². The molecule has 1 rings (SSSR count). The van der Waals surface area contributed by atoms with E-state index >= 15 is 0 Å². The highest BCUT2D eigenvalue weighted by atomic mass is 16.5. The largest absolute Gasteiger partial charge is 0.476 e. The first-order chi connectivity index (χ1) is 8.35. The maximum atomic E-state index is 11.0. The lowest BCUT2D eigenvalue weighted by Gasteiger charge is -2.22. The molecule has 1 aromatic heterocycles. The van der Waals surface area contributed by atoms with Crippen molar-refractivity contribution in [1.82, 2.24) is 4.98 Å². The van der Waals surface area contributed by atoms with Crippen LogP contribution in [0.3, 0.4) is 0 Å². The molecule has 0 aliphatic carbocycles. The van der Waals surface area contributed by atoms with Crippen LogP contribution < -0.4 is 16.2 Å². The molecule has 18 heavy (non-hydrogen) atoms. The van der Waals surface area contributed by atoms with Crippen molar-refractivity contribution in [2.24, 2.45) is 5.73 Å². The molecule has 0 fully saturated rings. The molecule has 1 heterocycles. The van der Waals surface area contributed by atoms with Crippen LogP contribution >= 0.6 is 0 Å². The zero-order valence-electron chi connectivity index (χ0n) is 10.9. The number of ether oxygens (including phenoxy) is 2. The first-order valence-corrected chi connectivity index (χ1v) is 5.60. The summed E-state index contributed by atoms with van der Waals surface area (Å²) in [6.07, 6.45) is 0.672. The number of carbonyl (C=O) groups is 1. The summed E-state index contributed by atoms with van der Waals surface area (Å²) in [5, 5.41) is 0. The molecule has 0 spiro atoms. The predicted molar refractivity (Wildman–Crippen MR) is 68.4 cm³/mol. The number of anilines is 1. The van der Waals surface area contributed by atoms with Crippen LogP contribution in [0.2, 0.25) is 0 Å². The monoisotopic (exact) mass is 253 g/mol. The Morgan fingerprint density at radius 2 is 2.11 bits per heavy atom. The lowest BCUT2D eigenvalue weighted by atomic mass is 10.1. The first-order valence-electron chi connectivity index (χ1n) is 5.60. The summed E-state index contributed by atoms with van der Waals surface area (Å²) >= 11 is 0. The molecule has 0 unspecified atom stereocenters. The van der Waals surface area contributed by atoms with Crippen LogP contribution in [0.4, 0.5) is 5.69 Å². The van der Waals surface area contributed by atoms with Gasteiger partial charge in [-0.05, 0) is 26.0 Å². The zero-order chi connectivity index (χ0) is 13.8. The Kier molecular flexibility index (Phi) is 4.49. The number of pyridine rings is 1. The van der Waals surface area contributed by atoms with Gasteiger partial charge in [0.05, 0.1) is 17.9 Å². The molecule has 1 aromatic rings. The van der Waals surface area contributed by atoms with E-state index in [0.29, 0.717) is 18.7 Å². The number of hydrogen-bond donors (Lipinski definition) is 2. The number of nitrogens with zero attached hydrogens (tertiary/aromatic N) is 1. The molecule has 6 nitrogen and oxygen atoms in total. The minimum atomic E-state index is -0.614. The lowest BCUT2D eigenvalue weighted by Crippen LogP contribution is -2.25. The van der Waals surface area contributed by atoms with Crippen molar-refractivity contribution < 1.29 is 14.3 Å². The van der Waals surface area contributed by atoms with Gasteiger partial charge in [0.15, 0.2) is 0 Å². The fourth-order valence-corrected chi connectivity index (χ4v) is 1.20. The normalized spacial score (nSPS) is 11.3. The highest BCUT2D eigenvalue weighted by molar-refractivity contribution is 5.91. The predicted octanol–water partition coefficient (Wildman–Crippen LogP) is 0.957. The van der Waals surface area contributed by atoms with Gasteiger partial charge in [-0.3, -0.25) is 4.79 Å². The van der Waals surface area contributed by atoms with Crippen LogP contribution in [0.5, 0.6) is 5.88 Å². The number of primary amides is 1. The average Bonchev–Trinajstić information content (AvgIpc) is 2.31. The lowest BCUT2D eigenvalue weighted by molar-refractivity contribution is 0.00512. The Labute approximate surface area is 106 Å². The van der Waals surface area contributed by atoms with Crippen molar-refractivity contribution in [2.75, 3.05) is 19.5 Å². The van der Waals surface area contributed by atoms with Gasteiger partial charge in [-0.1, -0.05) is 0 Å². The fraction of sp³-hybridized carbons (Fsp3) is 0.500. The molecular weight excluding hydrogens is 234 g/mol. The maximum Gasteiger partial charge on any atom is 0.267 e. The van der Waals surface area contributed by atoms with E-state index in [1.165, 1.54) is 6.07 Å². The van der Waals surface area contributed by atoms with Crippen molar-refractivity contribution in [2.45, 2.75) is 25.9 Å². The van der Waals surface area contributed by atoms with Gasteiger partial charge in [0, 0.05) is 13.5 Å². The van der Waals surface area contributed by atoms with Crippen molar-refractivity contribution in [1.29, 1.82) is 0 Å². The van der Waals surface area contributed by atoms with Crippen molar-refractivity contribution in [3.63, 3.8) is 0 Å². The Morgan fingerprint density at radius 3 is 2.67 bits per heavy atom. The van der Waals surface area contributed by atoms with E-state index in [1.54, 1.807) is 13.2 Å². The number of nitrogen functional groups attached to an aromatic ring is 1. The van der Waals surface area contributed by atoms with Crippen LogP contribution in [0.15, 0.2) is 12.1 Å². The fourth-order valence-electron chi connectivity index (χ4n) is 1.20. The van der Waals surface area contributed by atoms with Gasteiger partial charge in [-0.15, -0.1) is 0 Å². The summed E-state index contributed by atoms with van der Waals surface area (Å²) in [7, 11) is 1.64. The number of carbonyl (C=O) groups excluding carboxylic acids is 1. The number of aromatic nitrogens is 1. The van der Waals surface area contributed by atoms with Crippen LogP contribution in [0.1, 0.15) is 30.8 Å². The molecule has 6 heteroatoms. The molecule has 1 amide bonds. The van der Waals surface area contributed by atoms with Gasteiger partial charge in [0.1, 0.15) is 5.69 Å². The van der Waals surface area contributed by atoms with Gasteiger partial charge in [0.2, 0.25) is 5.88 Å². The van der Waals surface area contributed by atoms with Gasteiger partial charge in [-0.25, -0.2) is 4.98 Å². The molecule has 4 N–H and O–H groups in total. The third-order valence-corrected chi connectivity index (χ3v) is 2.64.